The molecule has 0 aliphatic carbocycles. The molecule has 2 aliphatic rings. The molecule has 5 heteroatoms. The highest BCUT2D eigenvalue weighted by atomic mass is 16.5. The minimum atomic E-state index is -0.0120. The van der Waals surface area contributed by atoms with Crippen molar-refractivity contribution < 1.29 is 9.53 Å². The Morgan fingerprint density at radius 1 is 1.45 bits per heavy atom. The molecular weight excluding hydrogens is 254 g/mol. The third-order valence-electron chi connectivity index (χ3n) is 4.38. The van der Waals surface area contributed by atoms with Crippen LogP contribution in [0.25, 0.3) is 0 Å². The van der Waals surface area contributed by atoms with Crippen molar-refractivity contribution in [3.63, 3.8) is 0 Å². The number of likely N-dealkylation sites (tertiary alicyclic amines) is 1. The summed E-state index contributed by atoms with van der Waals surface area (Å²) in [7, 11) is 1.62. The number of anilines is 1. The van der Waals surface area contributed by atoms with E-state index in [1.807, 2.05) is 29.2 Å². The minimum absolute atomic E-state index is 0.0120. The monoisotopic (exact) mass is 275 g/mol. The van der Waals surface area contributed by atoms with Crippen molar-refractivity contribution in [1.29, 1.82) is 0 Å². The molecule has 1 aromatic carbocycles. The molecule has 0 saturated carbocycles. The summed E-state index contributed by atoms with van der Waals surface area (Å²) in [6.07, 6.45) is 2.28. The number of urea groups is 1. The Morgan fingerprint density at radius 2 is 2.35 bits per heavy atom. The predicted octanol–water partition coefficient (Wildman–Crippen LogP) is 1.91. The molecule has 0 radical (unpaired) electrons. The van der Waals surface area contributed by atoms with Crippen molar-refractivity contribution in [1.82, 2.24) is 10.2 Å². The highest BCUT2D eigenvalue weighted by Gasteiger charge is 2.41. The van der Waals surface area contributed by atoms with Gasteiger partial charge in [0, 0.05) is 36.8 Å². The number of carbonyl (C=O) groups excluding carboxylic acids is 1. The van der Waals surface area contributed by atoms with Gasteiger partial charge in [-0.25, -0.2) is 4.79 Å². The van der Waals surface area contributed by atoms with E-state index in [0.717, 1.165) is 44.0 Å². The van der Waals surface area contributed by atoms with Crippen LogP contribution in [0, 0.1) is 5.41 Å². The first-order valence-electron chi connectivity index (χ1n) is 7.12. The Hall–Kier alpha value is -1.75. The van der Waals surface area contributed by atoms with Gasteiger partial charge in [0.1, 0.15) is 5.75 Å². The van der Waals surface area contributed by atoms with Crippen LogP contribution >= 0.6 is 0 Å². The third kappa shape index (κ3) is 2.58. The van der Waals surface area contributed by atoms with Gasteiger partial charge >= 0.3 is 6.03 Å². The van der Waals surface area contributed by atoms with E-state index in [2.05, 4.69) is 10.6 Å². The Morgan fingerprint density at radius 3 is 3.10 bits per heavy atom. The normalized spacial score (nSPS) is 25.1. The summed E-state index contributed by atoms with van der Waals surface area (Å²) in [6.45, 7) is 3.81. The molecule has 1 spiro atoms. The van der Waals surface area contributed by atoms with Crippen molar-refractivity contribution in [2.45, 2.75) is 12.8 Å². The van der Waals surface area contributed by atoms with Gasteiger partial charge in [-0.3, -0.25) is 0 Å². The van der Waals surface area contributed by atoms with Crippen LogP contribution in [0.15, 0.2) is 24.3 Å². The van der Waals surface area contributed by atoms with Crippen LogP contribution in [-0.4, -0.2) is 44.2 Å². The van der Waals surface area contributed by atoms with Crippen LogP contribution in [0.5, 0.6) is 5.75 Å². The highest BCUT2D eigenvalue weighted by molar-refractivity contribution is 5.89. The van der Waals surface area contributed by atoms with E-state index in [9.17, 15) is 4.79 Å². The van der Waals surface area contributed by atoms with Crippen LogP contribution < -0.4 is 15.4 Å². The molecule has 2 fully saturated rings. The molecule has 1 aromatic rings. The zero-order chi connectivity index (χ0) is 14.0. The summed E-state index contributed by atoms with van der Waals surface area (Å²) in [4.78, 5) is 14.2. The van der Waals surface area contributed by atoms with E-state index >= 15 is 0 Å². The lowest BCUT2D eigenvalue weighted by Gasteiger charge is -2.23. The Balaban J connectivity index is 1.62. The first kappa shape index (κ1) is 13.2. The van der Waals surface area contributed by atoms with Gasteiger partial charge in [-0.15, -0.1) is 0 Å². The molecule has 0 aromatic heterocycles. The number of amides is 2. The maximum Gasteiger partial charge on any atom is 0.321 e. The number of ether oxygens (including phenoxy) is 1. The average molecular weight is 275 g/mol. The fraction of sp³-hybridized carbons (Fsp3) is 0.533. The number of rotatable bonds is 2. The summed E-state index contributed by atoms with van der Waals surface area (Å²) in [5.41, 5.74) is 1.09. The van der Waals surface area contributed by atoms with Crippen LogP contribution in [-0.2, 0) is 0 Å². The van der Waals surface area contributed by atoms with Crippen LogP contribution in [0.2, 0.25) is 0 Å². The molecule has 108 valence electrons. The molecule has 3 rings (SSSR count). The van der Waals surface area contributed by atoms with Crippen LogP contribution in [0.4, 0.5) is 10.5 Å². The zero-order valence-electron chi connectivity index (χ0n) is 11.8. The first-order chi connectivity index (χ1) is 9.71. The van der Waals surface area contributed by atoms with E-state index in [1.54, 1.807) is 7.11 Å². The summed E-state index contributed by atoms with van der Waals surface area (Å²) < 4.78 is 5.16. The largest absolute Gasteiger partial charge is 0.497 e. The van der Waals surface area contributed by atoms with Crippen molar-refractivity contribution in [2.24, 2.45) is 5.41 Å². The molecule has 2 N–H and O–H groups in total. The molecule has 2 saturated heterocycles. The average Bonchev–Trinajstić information content (AvgIpc) is 3.10. The number of carbonyl (C=O) groups is 1. The Kier molecular flexibility index (Phi) is 3.53. The van der Waals surface area contributed by atoms with E-state index in [-0.39, 0.29) is 6.03 Å². The first-order valence-corrected chi connectivity index (χ1v) is 7.12. The molecular formula is C15H21N3O2. The van der Waals surface area contributed by atoms with Crippen LogP contribution in [0.3, 0.4) is 0 Å². The van der Waals surface area contributed by atoms with Gasteiger partial charge in [-0.05, 0) is 31.5 Å². The predicted molar refractivity (Wildman–Crippen MR) is 78.1 cm³/mol. The molecule has 5 nitrogen and oxygen atoms in total. The second kappa shape index (κ2) is 5.32. The molecule has 2 heterocycles. The minimum Gasteiger partial charge on any atom is -0.497 e. The SMILES string of the molecule is COc1cccc(NC(=O)N2CCC3(CCNC3)C2)c1. The molecule has 1 unspecified atom stereocenters. The molecule has 2 amide bonds. The summed E-state index contributed by atoms with van der Waals surface area (Å²) in [5.74, 6) is 0.751. The fourth-order valence-corrected chi connectivity index (χ4v) is 3.16. The maximum atomic E-state index is 12.3. The van der Waals surface area contributed by atoms with Crippen molar-refractivity contribution in [3.05, 3.63) is 24.3 Å². The Bertz CT molecular complexity index is 498. The summed E-state index contributed by atoms with van der Waals surface area (Å²) >= 11 is 0. The summed E-state index contributed by atoms with van der Waals surface area (Å²) in [6, 6.07) is 7.44. The van der Waals surface area contributed by atoms with Gasteiger partial charge in [0.05, 0.1) is 7.11 Å². The van der Waals surface area contributed by atoms with E-state index in [0.29, 0.717) is 5.41 Å². The van der Waals surface area contributed by atoms with E-state index in [1.165, 1.54) is 6.42 Å². The van der Waals surface area contributed by atoms with Gasteiger partial charge in [-0.2, -0.15) is 0 Å². The maximum absolute atomic E-state index is 12.3. The second-order valence-electron chi connectivity index (χ2n) is 5.76. The van der Waals surface area contributed by atoms with Gasteiger partial charge in [0.15, 0.2) is 0 Å². The second-order valence-corrected chi connectivity index (χ2v) is 5.76. The number of benzene rings is 1. The number of methoxy groups -OCH3 is 1. The van der Waals surface area contributed by atoms with E-state index < -0.39 is 0 Å². The number of nitrogens with one attached hydrogen (secondary N) is 2. The fourth-order valence-electron chi connectivity index (χ4n) is 3.16. The van der Waals surface area contributed by atoms with Gasteiger partial charge in [-0.1, -0.05) is 6.07 Å². The van der Waals surface area contributed by atoms with E-state index in [4.69, 9.17) is 4.74 Å². The lowest BCUT2D eigenvalue weighted by Crippen LogP contribution is -2.36. The lowest BCUT2D eigenvalue weighted by molar-refractivity contribution is 0.215. The standard InChI is InChI=1S/C15H21N3O2/c1-20-13-4-2-3-12(9-13)17-14(19)18-8-6-15(11-18)5-7-16-10-15/h2-4,9,16H,5-8,10-11H2,1H3,(H,17,19). The van der Waals surface area contributed by atoms with Crippen molar-refractivity contribution in [2.75, 3.05) is 38.6 Å². The number of nitrogens with zero attached hydrogens (tertiary/aromatic N) is 1. The van der Waals surface area contributed by atoms with Gasteiger partial charge in [0.2, 0.25) is 0 Å². The third-order valence-corrected chi connectivity index (χ3v) is 4.38. The Labute approximate surface area is 119 Å². The quantitative estimate of drug-likeness (QED) is 0.867. The van der Waals surface area contributed by atoms with Crippen LogP contribution in [0.1, 0.15) is 12.8 Å². The van der Waals surface area contributed by atoms with Gasteiger partial charge < -0.3 is 20.3 Å². The highest BCUT2D eigenvalue weighted by Crippen LogP contribution is 2.36. The van der Waals surface area contributed by atoms with Crippen molar-refractivity contribution >= 4 is 11.7 Å². The topological polar surface area (TPSA) is 53.6 Å². The van der Waals surface area contributed by atoms with Gasteiger partial charge in [0.25, 0.3) is 0 Å². The number of hydrogen-bond acceptors (Lipinski definition) is 3. The lowest BCUT2D eigenvalue weighted by atomic mass is 9.87. The van der Waals surface area contributed by atoms with Crippen molar-refractivity contribution in [3.8, 4) is 5.75 Å². The zero-order valence-corrected chi connectivity index (χ0v) is 11.8. The molecule has 2 aliphatic heterocycles. The molecule has 20 heavy (non-hydrogen) atoms. The molecule has 1 atom stereocenters. The smallest absolute Gasteiger partial charge is 0.321 e. The summed E-state index contributed by atoms with van der Waals surface area (Å²) in [5, 5.41) is 6.36. The number of hydrogen-bond donors (Lipinski definition) is 2. The molecule has 0 bridgehead atoms.